The maximum absolute atomic E-state index is 10.9. The molecule has 0 unspecified atom stereocenters. The highest BCUT2D eigenvalue weighted by atomic mass is 16.2. The van der Waals surface area contributed by atoms with Gasteiger partial charge in [-0.15, -0.1) is 0 Å². The molecule has 1 rings (SSSR count). The van der Waals surface area contributed by atoms with Gasteiger partial charge in [-0.25, -0.2) is 5.32 Å². The van der Waals surface area contributed by atoms with Crippen LogP contribution >= 0.6 is 0 Å². The van der Waals surface area contributed by atoms with E-state index in [0.29, 0.717) is 6.04 Å². The predicted octanol–water partition coefficient (Wildman–Crippen LogP) is 0.231. The van der Waals surface area contributed by atoms with E-state index in [0.717, 1.165) is 25.9 Å². The maximum atomic E-state index is 10.9. The monoisotopic (exact) mass is 155 g/mol. The lowest BCUT2D eigenvalue weighted by molar-refractivity contribution is -0.130. The Morgan fingerprint density at radius 2 is 2.00 bits per heavy atom. The fraction of sp³-hybridized carbons (Fsp3) is 0.875. The van der Waals surface area contributed by atoms with Gasteiger partial charge in [0.05, 0.1) is 0 Å². The molecule has 1 saturated heterocycles. The van der Waals surface area contributed by atoms with Gasteiger partial charge in [-0.3, -0.25) is 4.79 Å². The lowest BCUT2D eigenvalue weighted by Gasteiger charge is -2.30. The molecule has 0 aliphatic carbocycles. The van der Waals surface area contributed by atoms with E-state index >= 15 is 0 Å². The molecule has 63 valence electrons. The van der Waals surface area contributed by atoms with E-state index in [4.69, 9.17) is 0 Å². The van der Waals surface area contributed by atoms with Crippen LogP contribution in [0.25, 0.3) is 0 Å². The third-order valence-electron chi connectivity index (χ3n) is 2.29. The third kappa shape index (κ3) is 2.19. The molecule has 0 aromatic rings. The molecule has 1 amide bonds. The molecule has 0 saturated carbocycles. The van der Waals surface area contributed by atoms with Crippen LogP contribution < -0.4 is 5.32 Å². The average Bonchev–Trinajstić information content (AvgIpc) is 2.05. The summed E-state index contributed by atoms with van der Waals surface area (Å²) in [6.07, 6.45) is 2.08. The summed E-state index contributed by atoms with van der Waals surface area (Å²) in [6.45, 7) is 3.45. The van der Waals surface area contributed by atoms with Crippen molar-refractivity contribution in [2.45, 2.75) is 25.8 Å². The minimum atomic E-state index is 0.164. The molecule has 1 fully saturated rings. The highest BCUT2D eigenvalue weighted by molar-refractivity contribution is 5.73. The normalized spacial score (nSPS) is 19.8. The standard InChI is InChI=1S/C8H15N2O/c1-7(11)10(2)8-3-5-9-6-4-8/h8H,3-6H2,1-2H3. The topological polar surface area (TPSA) is 34.4 Å². The number of hydrogen-bond donors (Lipinski definition) is 0. The van der Waals surface area contributed by atoms with Crippen LogP contribution in [0, 0.1) is 0 Å². The summed E-state index contributed by atoms with van der Waals surface area (Å²) in [5, 5.41) is 4.23. The predicted molar refractivity (Wildman–Crippen MR) is 43.3 cm³/mol. The van der Waals surface area contributed by atoms with Crippen molar-refractivity contribution in [3.8, 4) is 0 Å². The van der Waals surface area contributed by atoms with E-state index in [2.05, 4.69) is 5.32 Å². The summed E-state index contributed by atoms with van der Waals surface area (Å²) in [5.41, 5.74) is 0. The number of hydrogen-bond acceptors (Lipinski definition) is 1. The zero-order valence-electron chi connectivity index (χ0n) is 7.21. The second-order valence-corrected chi connectivity index (χ2v) is 3.03. The molecule has 1 heterocycles. The number of piperidine rings is 1. The van der Waals surface area contributed by atoms with E-state index in [1.165, 1.54) is 0 Å². The van der Waals surface area contributed by atoms with Crippen molar-refractivity contribution in [1.29, 1.82) is 0 Å². The molecule has 1 radical (unpaired) electrons. The Morgan fingerprint density at radius 1 is 1.45 bits per heavy atom. The highest BCUT2D eigenvalue weighted by Crippen LogP contribution is 2.09. The lowest BCUT2D eigenvalue weighted by Crippen LogP contribution is -2.41. The van der Waals surface area contributed by atoms with Crippen LogP contribution in [0.15, 0.2) is 0 Å². The van der Waals surface area contributed by atoms with Gasteiger partial charge in [0.1, 0.15) is 0 Å². The van der Waals surface area contributed by atoms with Crippen LogP contribution in [0.5, 0.6) is 0 Å². The Balaban J connectivity index is 2.38. The maximum Gasteiger partial charge on any atom is 0.219 e. The van der Waals surface area contributed by atoms with Gasteiger partial charge in [0.15, 0.2) is 0 Å². The van der Waals surface area contributed by atoms with Crippen molar-refractivity contribution >= 4 is 5.91 Å². The van der Waals surface area contributed by atoms with Gasteiger partial charge in [0, 0.05) is 33.1 Å². The minimum Gasteiger partial charge on any atom is -0.343 e. The van der Waals surface area contributed by atoms with Crippen LogP contribution in [-0.4, -0.2) is 37.0 Å². The first kappa shape index (κ1) is 8.53. The van der Waals surface area contributed by atoms with Crippen LogP contribution in [0.1, 0.15) is 19.8 Å². The zero-order chi connectivity index (χ0) is 8.27. The zero-order valence-corrected chi connectivity index (χ0v) is 7.21. The molecular formula is C8H15N2O. The molecule has 0 atom stereocenters. The van der Waals surface area contributed by atoms with Crippen LogP contribution in [0.4, 0.5) is 0 Å². The van der Waals surface area contributed by atoms with E-state index < -0.39 is 0 Å². The second-order valence-electron chi connectivity index (χ2n) is 3.03. The molecule has 3 heteroatoms. The number of rotatable bonds is 1. The molecule has 1 aliphatic rings. The Morgan fingerprint density at radius 3 is 2.45 bits per heavy atom. The summed E-state index contributed by atoms with van der Waals surface area (Å²) in [6, 6.07) is 0.435. The molecule has 11 heavy (non-hydrogen) atoms. The number of carbonyl (C=O) groups excluding carboxylic acids is 1. The smallest absolute Gasteiger partial charge is 0.219 e. The Hall–Kier alpha value is -0.570. The summed E-state index contributed by atoms with van der Waals surface area (Å²) >= 11 is 0. The van der Waals surface area contributed by atoms with Gasteiger partial charge in [-0.05, 0) is 12.8 Å². The summed E-state index contributed by atoms with van der Waals surface area (Å²) in [7, 11) is 1.87. The van der Waals surface area contributed by atoms with Crippen molar-refractivity contribution in [3.05, 3.63) is 0 Å². The van der Waals surface area contributed by atoms with Gasteiger partial charge in [0.2, 0.25) is 5.91 Å². The molecule has 0 spiro atoms. The van der Waals surface area contributed by atoms with Crippen molar-refractivity contribution in [1.82, 2.24) is 10.2 Å². The van der Waals surface area contributed by atoms with Crippen LogP contribution in [0.3, 0.4) is 0 Å². The number of amides is 1. The van der Waals surface area contributed by atoms with Gasteiger partial charge in [-0.2, -0.15) is 0 Å². The van der Waals surface area contributed by atoms with Gasteiger partial charge >= 0.3 is 0 Å². The Kier molecular flexibility index (Phi) is 2.88. The first-order chi connectivity index (χ1) is 5.22. The highest BCUT2D eigenvalue weighted by Gasteiger charge is 2.19. The number of carbonyl (C=O) groups is 1. The molecule has 0 N–H and O–H groups in total. The van der Waals surface area contributed by atoms with Gasteiger partial charge in [-0.1, -0.05) is 0 Å². The molecular weight excluding hydrogens is 140 g/mol. The van der Waals surface area contributed by atoms with Crippen molar-refractivity contribution < 1.29 is 4.79 Å². The van der Waals surface area contributed by atoms with Crippen LogP contribution in [-0.2, 0) is 4.79 Å². The van der Waals surface area contributed by atoms with E-state index in [-0.39, 0.29) is 5.91 Å². The molecule has 0 aromatic heterocycles. The summed E-state index contributed by atoms with van der Waals surface area (Å²) in [4.78, 5) is 12.8. The molecule has 0 bridgehead atoms. The average molecular weight is 155 g/mol. The van der Waals surface area contributed by atoms with Crippen LogP contribution in [0.2, 0.25) is 0 Å². The quantitative estimate of drug-likeness (QED) is 0.534. The van der Waals surface area contributed by atoms with E-state index in [1.807, 2.05) is 11.9 Å². The van der Waals surface area contributed by atoms with Crippen molar-refractivity contribution in [2.75, 3.05) is 20.1 Å². The van der Waals surface area contributed by atoms with E-state index in [9.17, 15) is 4.79 Å². The fourth-order valence-corrected chi connectivity index (χ4v) is 1.38. The largest absolute Gasteiger partial charge is 0.343 e. The van der Waals surface area contributed by atoms with E-state index in [1.54, 1.807) is 6.92 Å². The first-order valence-corrected chi connectivity index (χ1v) is 4.08. The number of nitrogens with zero attached hydrogens (tertiary/aromatic N) is 2. The minimum absolute atomic E-state index is 0.164. The lowest BCUT2D eigenvalue weighted by atomic mass is 10.1. The van der Waals surface area contributed by atoms with Gasteiger partial charge in [0.25, 0.3) is 0 Å². The molecule has 3 nitrogen and oxygen atoms in total. The van der Waals surface area contributed by atoms with Crippen molar-refractivity contribution in [3.63, 3.8) is 0 Å². The Labute approximate surface area is 67.8 Å². The summed E-state index contributed by atoms with van der Waals surface area (Å²) in [5.74, 6) is 0.164. The van der Waals surface area contributed by atoms with Crippen molar-refractivity contribution in [2.24, 2.45) is 0 Å². The fourth-order valence-electron chi connectivity index (χ4n) is 1.38. The molecule has 0 aromatic carbocycles. The third-order valence-corrected chi connectivity index (χ3v) is 2.29. The second kappa shape index (κ2) is 3.72. The Bertz CT molecular complexity index is 141. The van der Waals surface area contributed by atoms with Gasteiger partial charge < -0.3 is 4.90 Å². The first-order valence-electron chi connectivity index (χ1n) is 4.08. The molecule has 1 aliphatic heterocycles. The summed E-state index contributed by atoms with van der Waals surface area (Å²) < 4.78 is 0. The SMILES string of the molecule is CC(=O)N(C)C1CC[N]CC1.